The predicted molar refractivity (Wildman–Crippen MR) is 82.0 cm³/mol. The number of aromatic nitrogens is 1. The van der Waals surface area contributed by atoms with Gasteiger partial charge in [0, 0.05) is 12.8 Å². The van der Waals surface area contributed by atoms with E-state index in [9.17, 15) is 13.2 Å². The number of hydrogen-bond acceptors (Lipinski definition) is 7. The zero-order chi connectivity index (χ0) is 16.3. The second-order valence-electron chi connectivity index (χ2n) is 5.27. The third-order valence-electron chi connectivity index (χ3n) is 3.09. The lowest BCUT2D eigenvalue weighted by Gasteiger charge is -2.23. The molecular formula is C13H21N3O4S. The fraction of sp³-hybridized carbons (Fsp3) is 0.538. The van der Waals surface area contributed by atoms with Gasteiger partial charge in [0.15, 0.2) is 9.84 Å². The quantitative estimate of drug-likeness (QED) is 0.755. The van der Waals surface area contributed by atoms with E-state index in [0.717, 1.165) is 6.26 Å². The van der Waals surface area contributed by atoms with Crippen molar-refractivity contribution in [3.8, 4) is 0 Å². The van der Waals surface area contributed by atoms with Crippen molar-refractivity contribution >= 4 is 27.3 Å². The Labute approximate surface area is 124 Å². The van der Waals surface area contributed by atoms with Crippen LogP contribution < -0.4 is 11.1 Å². The largest absolute Gasteiger partial charge is 0.462 e. The second kappa shape index (κ2) is 6.30. The normalized spacial score (nSPS) is 12.0. The lowest BCUT2D eigenvalue weighted by Crippen LogP contribution is -2.38. The van der Waals surface area contributed by atoms with Crippen molar-refractivity contribution < 1.29 is 17.9 Å². The molecule has 7 nitrogen and oxygen atoms in total. The van der Waals surface area contributed by atoms with Gasteiger partial charge in [-0.25, -0.2) is 18.2 Å². The fourth-order valence-electron chi connectivity index (χ4n) is 1.41. The van der Waals surface area contributed by atoms with E-state index >= 15 is 0 Å². The molecule has 0 aliphatic rings. The second-order valence-corrected chi connectivity index (χ2v) is 7.92. The van der Waals surface area contributed by atoms with Crippen molar-refractivity contribution in [1.82, 2.24) is 4.98 Å². The standard InChI is InChI=1S/C13H21N3O4S/c1-5-20-12(17)10-6-9(14)7-15-11(10)16-8-13(2,3)21(4,18)19/h6-7H,5,8,14H2,1-4H3,(H,15,16). The van der Waals surface area contributed by atoms with Gasteiger partial charge in [-0.15, -0.1) is 0 Å². The number of nitrogens with zero attached hydrogens (tertiary/aromatic N) is 1. The van der Waals surface area contributed by atoms with Gasteiger partial charge in [-0.2, -0.15) is 0 Å². The minimum Gasteiger partial charge on any atom is -0.462 e. The molecule has 0 spiro atoms. The smallest absolute Gasteiger partial charge is 0.341 e. The van der Waals surface area contributed by atoms with Gasteiger partial charge in [-0.1, -0.05) is 0 Å². The molecule has 8 heteroatoms. The van der Waals surface area contributed by atoms with Crippen LogP contribution in [0.4, 0.5) is 11.5 Å². The van der Waals surface area contributed by atoms with Crippen molar-refractivity contribution in [2.75, 3.05) is 30.5 Å². The van der Waals surface area contributed by atoms with Crippen molar-refractivity contribution in [2.45, 2.75) is 25.5 Å². The zero-order valence-electron chi connectivity index (χ0n) is 12.6. The average Bonchev–Trinajstić information content (AvgIpc) is 2.36. The molecule has 0 saturated carbocycles. The summed E-state index contributed by atoms with van der Waals surface area (Å²) in [5, 5.41) is 2.88. The number of nitrogens with one attached hydrogen (secondary N) is 1. The first kappa shape index (κ1) is 17.2. The molecule has 21 heavy (non-hydrogen) atoms. The molecule has 1 aromatic heterocycles. The predicted octanol–water partition coefficient (Wildman–Crippen LogP) is 1.08. The van der Waals surface area contributed by atoms with Gasteiger partial charge in [0.05, 0.1) is 23.2 Å². The fourth-order valence-corrected chi connectivity index (χ4v) is 1.75. The highest BCUT2D eigenvalue weighted by molar-refractivity contribution is 7.92. The third-order valence-corrected chi connectivity index (χ3v) is 5.24. The number of carbonyl (C=O) groups is 1. The van der Waals surface area contributed by atoms with Gasteiger partial charge >= 0.3 is 5.97 Å². The number of ether oxygens (including phenoxy) is 1. The van der Waals surface area contributed by atoms with Gasteiger partial charge in [0.2, 0.25) is 0 Å². The van der Waals surface area contributed by atoms with E-state index in [1.54, 1.807) is 20.8 Å². The Kier molecular flexibility index (Phi) is 5.16. The lowest BCUT2D eigenvalue weighted by molar-refractivity contribution is 0.0527. The number of sulfone groups is 1. The molecule has 3 N–H and O–H groups in total. The van der Waals surface area contributed by atoms with Crippen LogP contribution in [-0.4, -0.2) is 43.5 Å². The van der Waals surface area contributed by atoms with Crippen LogP contribution in [0, 0.1) is 0 Å². The van der Waals surface area contributed by atoms with Gasteiger partial charge in [-0.05, 0) is 26.8 Å². The Hall–Kier alpha value is -1.83. The zero-order valence-corrected chi connectivity index (χ0v) is 13.5. The number of carbonyl (C=O) groups excluding carboxylic acids is 1. The van der Waals surface area contributed by atoms with E-state index in [-0.39, 0.29) is 24.5 Å². The average molecular weight is 315 g/mol. The van der Waals surface area contributed by atoms with Crippen LogP contribution in [0.15, 0.2) is 12.3 Å². The van der Waals surface area contributed by atoms with E-state index in [1.165, 1.54) is 12.3 Å². The monoisotopic (exact) mass is 315 g/mol. The first-order valence-corrected chi connectivity index (χ1v) is 8.33. The van der Waals surface area contributed by atoms with Crippen LogP contribution >= 0.6 is 0 Å². The number of rotatable bonds is 6. The molecule has 0 amide bonds. The van der Waals surface area contributed by atoms with Crippen molar-refractivity contribution in [3.63, 3.8) is 0 Å². The maximum atomic E-state index is 11.9. The summed E-state index contributed by atoms with van der Waals surface area (Å²) in [7, 11) is -3.26. The number of esters is 1. The molecular weight excluding hydrogens is 294 g/mol. The van der Waals surface area contributed by atoms with Crippen molar-refractivity contribution in [3.05, 3.63) is 17.8 Å². The topological polar surface area (TPSA) is 111 Å². The molecule has 0 aromatic carbocycles. The summed E-state index contributed by atoms with van der Waals surface area (Å²) in [5.41, 5.74) is 6.13. The van der Waals surface area contributed by atoms with Gasteiger partial charge < -0.3 is 15.8 Å². The molecule has 0 unspecified atom stereocenters. The first-order valence-electron chi connectivity index (χ1n) is 6.44. The minimum absolute atomic E-state index is 0.106. The summed E-state index contributed by atoms with van der Waals surface area (Å²) in [6.07, 6.45) is 2.55. The number of hydrogen-bond donors (Lipinski definition) is 2. The Morgan fingerprint density at radius 3 is 2.62 bits per heavy atom. The van der Waals surface area contributed by atoms with Crippen LogP contribution in [0.1, 0.15) is 31.1 Å². The van der Waals surface area contributed by atoms with Crippen molar-refractivity contribution in [2.24, 2.45) is 0 Å². The summed E-state index contributed by atoms with van der Waals surface area (Å²) < 4.78 is 27.3. The number of pyridine rings is 1. The van der Waals surface area contributed by atoms with Gasteiger partial charge in [0.25, 0.3) is 0 Å². The van der Waals surface area contributed by atoms with Gasteiger partial charge in [-0.3, -0.25) is 0 Å². The molecule has 0 bridgehead atoms. The molecule has 118 valence electrons. The molecule has 0 aliphatic heterocycles. The maximum absolute atomic E-state index is 11.9. The first-order chi connectivity index (χ1) is 9.58. The molecule has 0 saturated heterocycles. The van der Waals surface area contributed by atoms with Crippen LogP contribution in [0.25, 0.3) is 0 Å². The highest BCUT2D eigenvalue weighted by Crippen LogP contribution is 2.20. The highest BCUT2D eigenvalue weighted by Gasteiger charge is 2.30. The Morgan fingerprint density at radius 2 is 2.10 bits per heavy atom. The van der Waals surface area contributed by atoms with Crippen LogP contribution in [0.3, 0.4) is 0 Å². The Morgan fingerprint density at radius 1 is 1.48 bits per heavy atom. The number of nitrogens with two attached hydrogens (primary N) is 1. The maximum Gasteiger partial charge on any atom is 0.341 e. The van der Waals surface area contributed by atoms with Crippen LogP contribution in [0.2, 0.25) is 0 Å². The summed E-state index contributed by atoms with van der Waals surface area (Å²) in [4.78, 5) is 15.9. The molecule has 0 aliphatic carbocycles. The summed E-state index contributed by atoms with van der Waals surface area (Å²) >= 11 is 0. The van der Waals surface area contributed by atoms with E-state index in [4.69, 9.17) is 10.5 Å². The number of anilines is 2. The summed E-state index contributed by atoms with van der Waals surface area (Å²) in [6.45, 7) is 5.21. The van der Waals surface area contributed by atoms with Gasteiger partial charge in [0.1, 0.15) is 11.4 Å². The SMILES string of the molecule is CCOC(=O)c1cc(N)cnc1NCC(C)(C)S(C)(=O)=O. The summed E-state index contributed by atoms with van der Waals surface area (Å²) in [5.74, 6) is -0.309. The van der Waals surface area contributed by atoms with E-state index in [0.29, 0.717) is 5.69 Å². The molecule has 1 rings (SSSR count). The Balaban J connectivity index is 3.01. The van der Waals surface area contributed by atoms with Crippen molar-refractivity contribution in [1.29, 1.82) is 0 Å². The molecule has 0 radical (unpaired) electrons. The molecule has 0 fully saturated rings. The molecule has 1 aromatic rings. The van der Waals surface area contributed by atoms with Crippen LogP contribution in [0.5, 0.6) is 0 Å². The van der Waals surface area contributed by atoms with Crippen LogP contribution in [-0.2, 0) is 14.6 Å². The van der Waals surface area contributed by atoms with E-state index < -0.39 is 20.6 Å². The molecule has 0 atom stereocenters. The molecule has 1 heterocycles. The Bertz CT molecular complexity index is 626. The summed E-state index contributed by atoms with van der Waals surface area (Å²) in [6, 6.07) is 1.45. The third kappa shape index (κ3) is 4.32. The highest BCUT2D eigenvalue weighted by atomic mass is 32.2. The lowest BCUT2D eigenvalue weighted by atomic mass is 10.2. The number of nitrogen functional groups attached to an aromatic ring is 1. The van der Waals surface area contributed by atoms with E-state index in [2.05, 4.69) is 10.3 Å². The minimum atomic E-state index is -3.26. The van der Waals surface area contributed by atoms with E-state index in [1.807, 2.05) is 0 Å².